The van der Waals surface area contributed by atoms with Crippen LogP contribution < -0.4 is 14.8 Å². The summed E-state index contributed by atoms with van der Waals surface area (Å²) in [6, 6.07) is 24.0. The Labute approximate surface area is 289 Å². The third-order valence-electron chi connectivity index (χ3n) is 7.40. The topological polar surface area (TPSA) is 113 Å². The molecule has 1 atom stereocenters. The van der Waals surface area contributed by atoms with Crippen molar-refractivity contribution < 1.29 is 27.0 Å². The number of hydrogen-bond acceptors (Lipinski definition) is 10. The van der Waals surface area contributed by atoms with E-state index in [9.17, 15) is 12.8 Å². The summed E-state index contributed by atoms with van der Waals surface area (Å²) in [5, 5.41) is 6.74. The molecule has 48 heavy (non-hydrogen) atoms. The van der Waals surface area contributed by atoms with Crippen molar-refractivity contribution in [2.24, 2.45) is 0 Å². The van der Waals surface area contributed by atoms with Gasteiger partial charge in [-0.15, -0.1) is 11.3 Å². The Bertz CT molecular complexity index is 2170. The fourth-order valence-electron chi connectivity index (χ4n) is 4.92. The molecule has 0 bridgehead atoms. The van der Waals surface area contributed by atoms with Gasteiger partial charge in [-0.05, 0) is 76.9 Å². The van der Waals surface area contributed by atoms with E-state index in [1.54, 1.807) is 49.6 Å². The lowest BCUT2D eigenvalue weighted by Crippen LogP contribution is -2.14. The van der Waals surface area contributed by atoms with Crippen molar-refractivity contribution in [2.75, 3.05) is 24.8 Å². The van der Waals surface area contributed by atoms with Gasteiger partial charge < -0.3 is 19.5 Å². The summed E-state index contributed by atoms with van der Waals surface area (Å²) in [6.45, 7) is 2.11. The largest absolute Gasteiger partial charge is 0.496 e. The zero-order chi connectivity index (χ0) is 33.7. The molecule has 13 heteroatoms. The van der Waals surface area contributed by atoms with Gasteiger partial charge in [-0.25, -0.2) is 27.8 Å². The molecule has 1 unspecified atom stereocenters. The fourth-order valence-corrected chi connectivity index (χ4v) is 7.36. The highest BCUT2D eigenvalue weighted by atomic mass is 79.9. The van der Waals surface area contributed by atoms with Gasteiger partial charge in [-0.1, -0.05) is 30.3 Å². The van der Waals surface area contributed by atoms with Crippen LogP contribution in [0.2, 0.25) is 0 Å². The van der Waals surface area contributed by atoms with Crippen LogP contribution >= 0.6 is 27.3 Å². The maximum atomic E-state index is 13.5. The number of halogens is 2. The number of nitrogens with one attached hydrogen (secondary N) is 1. The SMILES string of the molecule is COc1cc2ncnc(Nc3ccc(OCc4cccc(F)c4)c(Br)c3)c2cc1-c1csc(C(C)OCCS(=O)(=O)c2ccccc2)n1. The molecule has 9 nitrogen and oxygen atoms in total. The number of sulfone groups is 1. The third kappa shape index (κ3) is 7.81. The Hall–Kier alpha value is -4.43. The number of rotatable bonds is 13. The van der Waals surface area contributed by atoms with Gasteiger partial charge in [0, 0.05) is 28.1 Å². The minimum atomic E-state index is -3.45. The average molecular weight is 750 g/mol. The zero-order valence-corrected chi connectivity index (χ0v) is 29.1. The predicted molar refractivity (Wildman–Crippen MR) is 188 cm³/mol. The first-order chi connectivity index (χ1) is 23.2. The summed E-state index contributed by atoms with van der Waals surface area (Å²) in [7, 11) is -1.86. The molecule has 4 aromatic carbocycles. The van der Waals surface area contributed by atoms with E-state index >= 15 is 0 Å². The molecule has 0 aliphatic heterocycles. The van der Waals surface area contributed by atoms with Gasteiger partial charge in [0.25, 0.3) is 0 Å². The number of benzene rings is 4. The molecule has 0 radical (unpaired) electrons. The second kappa shape index (κ2) is 14.8. The van der Waals surface area contributed by atoms with E-state index in [2.05, 4.69) is 31.2 Å². The van der Waals surface area contributed by atoms with Crippen molar-refractivity contribution in [1.82, 2.24) is 15.0 Å². The number of ether oxygens (including phenoxy) is 3. The van der Waals surface area contributed by atoms with Crippen molar-refractivity contribution >= 4 is 59.5 Å². The Morgan fingerprint density at radius 2 is 1.81 bits per heavy atom. The van der Waals surface area contributed by atoms with Crippen LogP contribution in [-0.2, 0) is 21.2 Å². The number of methoxy groups -OCH3 is 1. The minimum Gasteiger partial charge on any atom is -0.496 e. The number of fused-ring (bicyclic) bond motifs is 1. The number of hydrogen-bond donors (Lipinski definition) is 1. The summed E-state index contributed by atoms with van der Waals surface area (Å²) in [6.07, 6.45) is 1.06. The van der Waals surface area contributed by atoms with E-state index < -0.39 is 15.9 Å². The van der Waals surface area contributed by atoms with Crippen molar-refractivity contribution in [3.63, 3.8) is 0 Å². The van der Waals surface area contributed by atoms with Gasteiger partial charge in [0.05, 0.1) is 40.0 Å². The lowest BCUT2D eigenvalue weighted by atomic mass is 10.1. The highest BCUT2D eigenvalue weighted by Crippen LogP contribution is 2.38. The quantitative estimate of drug-likeness (QED) is 0.124. The minimum absolute atomic E-state index is 0.0369. The van der Waals surface area contributed by atoms with E-state index in [0.29, 0.717) is 38.0 Å². The van der Waals surface area contributed by atoms with Crippen molar-refractivity contribution in [2.45, 2.75) is 24.5 Å². The Morgan fingerprint density at radius 3 is 2.58 bits per heavy atom. The highest BCUT2D eigenvalue weighted by molar-refractivity contribution is 9.10. The van der Waals surface area contributed by atoms with Gasteiger partial charge in [-0.2, -0.15) is 0 Å². The summed E-state index contributed by atoms with van der Waals surface area (Å²) in [4.78, 5) is 14.0. The summed E-state index contributed by atoms with van der Waals surface area (Å²) in [5.41, 5.74) is 3.58. The van der Waals surface area contributed by atoms with Crippen molar-refractivity contribution in [3.8, 4) is 22.8 Å². The number of nitrogens with zero attached hydrogens (tertiary/aromatic N) is 3. The molecule has 6 aromatic rings. The first-order valence-electron chi connectivity index (χ1n) is 14.8. The number of aromatic nitrogens is 3. The average Bonchev–Trinajstić information content (AvgIpc) is 3.58. The van der Waals surface area contributed by atoms with Crippen LogP contribution in [-0.4, -0.2) is 42.8 Å². The fraction of sp³-hybridized carbons (Fsp3) is 0.171. The van der Waals surface area contributed by atoms with Crippen LogP contribution in [0, 0.1) is 5.82 Å². The van der Waals surface area contributed by atoms with E-state index in [4.69, 9.17) is 19.2 Å². The molecule has 6 rings (SSSR count). The van der Waals surface area contributed by atoms with Gasteiger partial charge in [-0.3, -0.25) is 0 Å². The van der Waals surface area contributed by atoms with Gasteiger partial charge in [0.1, 0.15) is 47.2 Å². The molecule has 0 aliphatic rings. The van der Waals surface area contributed by atoms with E-state index in [-0.39, 0.29) is 29.7 Å². The molecule has 0 amide bonds. The van der Waals surface area contributed by atoms with Crippen LogP contribution in [0.5, 0.6) is 11.5 Å². The van der Waals surface area contributed by atoms with E-state index in [1.807, 2.05) is 42.6 Å². The van der Waals surface area contributed by atoms with Crippen molar-refractivity contribution in [1.29, 1.82) is 0 Å². The van der Waals surface area contributed by atoms with Crippen LogP contribution in [0.1, 0.15) is 23.6 Å². The van der Waals surface area contributed by atoms with Gasteiger partial charge in [0.15, 0.2) is 9.84 Å². The first kappa shape index (κ1) is 33.5. The van der Waals surface area contributed by atoms with E-state index in [1.165, 1.54) is 29.8 Å². The Kier molecular flexibility index (Phi) is 10.3. The van der Waals surface area contributed by atoms with Crippen LogP contribution in [0.4, 0.5) is 15.9 Å². The summed E-state index contributed by atoms with van der Waals surface area (Å²) >= 11 is 4.99. The van der Waals surface area contributed by atoms with E-state index in [0.717, 1.165) is 22.2 Å². The molecule has 0 saturated heterocycles. The monoisotopic (exact) mass is 748 g/mol. The maximum Gasteiger partial charge on any atom is 0.180 e. The van der Waals surface area contributed by atoms with Gasteiger partial charge >= 0.3 is 0 Å². The molecular weight excluding hydrogens is 719 g/mol. The second-order valence-electron chi connectivity index (χ2n) is 10.7. The Balaban J connectivity index is 1.18. The Morgan fingerprint density at radius 1 is 0.979 bits per heavy atom. The lowest BCUT2D eigenvalue weighted by molar-refractivity contribution is 0.0775. The molecule has 0 aliphatic carbocycles. The van der Waals surface area contributed by atoms with Crippen LogP contribution in [0.15, 0.2) is 106 Å². The lowest BCUT2D eigenvalue weighted by Gasteiger charge is -2.14. The molecule has 246 valence electrons. The number of thiazole rings is 1. The highest BCUT2D eigenvalue weighted by Gasteiger charge is 2.19. The van der Waals surface area contributed by atoms with Crippen molar-refractivity contribution in [3.05, 3.63) is 117 Å². The summed E-state index contributed by atoms with van der Waals surface area (Å²) in [5.74, 6) is 1.34. The summed E-state index contributed by atoms with van der Waals surface area (Å²) < 4.78 is 57.0. The molecule has 1 N–H and O–H groups in total. The zero-order valence-electron chi connectivity index (χ0n) is 25.9. The standard InChI is InChI=1S/C35H30BrFN4O5S2/c1-22(45-13-14-48(42,43)26-9-4-3-5-10-26)35-41-31(20-47-35)27-17-28-30(18-33(27)44-2)38-21-39-34(28)40-25-11-12-32(29(36)16-25)46-19-23-7-6-8-24(37)15-23/h3-12,15-18,20-22H,13-14,19H2,1-2H3,(H,38,39,40). The first-order valence-corrected chi connectivity index (χ1v) is 18.1. The third-order valence-corrected chi connectivity index (χ3v) is 10.7. The molecule has 0 saturated carbocycles. The number of anilines is 2. The predicted octanol–water partition coefficient (Wildman–Crippen LogP) is 8.54. The smallest absolute Gasteiger partial charge is 0.180 e. The second-order valence-corrected chi connectivity index (χ2v) is 14.5. The van der Waals surface area contributed by atoms with Crippen LogP contribution in [0.25, 0.3) is 22.2 Å². The molecule has 2 heterocycles. The molecule has 0 fully saturated rings. The molecule has 2 aromatic heterocycles. The maximum absolute atomic E-state index is 13.5. The molecular formula is C35H30BrFN4O5S2. The normalized spacial score (nSPS) is 12.2. The van der Waals surface area contributed by atoms with Crippen LogP contribution in [0.3, 0.4) is 0 Å². The molecule has 0 spiro atoms. The van der Waals surface area contributed by atoms with Gasteiger partial charge in [0.2, 0.25) is 0 Å².